The number of nitrogens with one attached hydrogen (secondary N) is 1. The number of hydrogen-bond donors (Lipinski definition) is 1. The molecule has 1 aliphatic rings. The summed E-state index contributed by atoms with van der Waals surface area (Å²) in [6, 6.07) is 10.5. The van der Waals surface area contributed by atoms with Gasteiger partial charge in [-0.1, -0.05) is 19.9 Å². The first kappa shape index (κ1) is 22.5. The largest absolute Gasteiger partial charge is 0.464 e. The Labute approximate surface area is 188 Å². The van der Waals surface area contributed by atoms with Crippen LogP contribution in [0.25, 0.3) is 11.0 Å². The molecule has 0 spiro atoms. The molecule has 0 saturated carbocycles. The van der Waals surface area contributed by atoms with Crippen molar-refractivity contribution >= 4 is 32.6 Å². The highest BCUT2D eigenvalue weighted by molar-refractivity contribution is 7.89. The smallest absolute Gasteiger partial charge is 0.243 e. The summed E-state index contributed by atoms with van der Waals surface area (Å²) in [5, 5.41) is 3.75. The zero-order valence-corrected chi connectivity index (χ0v) is 19.4. The molecule has 1 amide bonds. The van der Waals surface area contributed by atoms with Crippen LogP contribution in [0.4, 0.5) is 5.69 Å². The van der Waals surface area contributed by atoms with Crippen LogP contribution in [0.2, 0.25) is 0 Å². The van der Waals surface area contributed by atoms with Crippen LogP contribution in [0, 0.1) is 6.92 Å². The topological polar surface area (TPSA) is 88.8 Å². The molecule has 1 saturated heterocycles. The predicted octanol–water partition coefficient (Wildman–Crippen LogP) is 4.07. The minimum Gasteiger partial charge on any atom is -0.464 e. The van der Waals surface area contributed by atoms with E-state index in [0.717, 1.165) is 22.1 Å². The summed E-state index contributed by atoms with van der Waals surface area (Å²) in [6.07, 6.45) is 1.75. The van der Waals surface area contributed by atoms with E-state index in [0.29, 0.717) is 37.9 Å². The minimum absolute atomic E-state index is 0.133. The summed E-state index contributed by atoms with van der Waals surface area (Å²) < 4.78 is 38.1. The van der Waals surface area contributed by atoms with Crippen molar-refractivity contribution in [2.45, 2.75) is 38.0 Å². The maximum Gasteiger partial charge on any atom is 0.243 e. The average Bonchev–Trinajstić information content (AvgIpc) is 3.15. The fourth-order valence-electron chi connectivity index (χ4n) is 4.05. The third-order valence-corrected chi connectivity index (χ3v) is 7.64. The summed E-state index contributed by atoms with van der Waals surface area (Å²) >= 11 is 0. The molecule has 1 N–H and O–H groups in total. The Morgan fingerprint density at radius 2 is 1.91 bits per heavy atom. The molecule has 0 atom stereocenters. The zero-order chi connectivity index (χ0) is 22.9. The van der Waals surface area contributed by atoms with Crippen LogP contribution in [-0.4, -0.2) is 44.9 Å². The molecule has 1 fully saturated rings. The lowest BCUT2D eigenvalue weighted by Crippen LogP contribution is -2.40. The van der Waals surface area contributed by atoms with Gasteiger partial charge in [-0.05, 0) is 54.3 Å². The Morgan fingerprint density at radius 1 is 1.16 bits per heavy atom. The number of hydrogen-bond acceptors (Lipinski definition) is 5. The summed E-state index contributed by atoms with van der Waals surface area (Å²) in [7, 11) is -3.63. The Kier molecular flexibility index (Phi) is 6.37. The maximum atomic E-state index is 12.9. The highest BCUT2D eigenvalue weighted by Crippen LogP contribution is 2.29. The van der Waals surface area contributed by atoms with Crippen molar-refractivity contribution in [3.8, 4) is 0 Å². The zero-order valence-electron chi connectivity index (χ0n) is 18.6. The van der Waals surface area contributed by atoms with Crippen LogP contribution in [0.1, 0.15) is 36.5 Å². The Hall–Kier alpha value is -2.68. The lowest BCUT2D eigenvalue weighted by Gasteiger charge is -2.26. The van der Waals surface area contributed by atoms with Gasteiger partial charge < -0.3 is 14.5 Å². The number of anilines is 1. The number of ether oxygens (including phenoxy) is 1. The fraction of sp³-hybridized carbons (Fsp3) is 0.375. The molecule has 2 heterocycles. The number of nitrogens with zero attached hydrogens (tertiary/aromatic N) is 1. The third-order valence-electron chi connectivity index (χ3n) is 5.74. The van der Waals surface area contributed by atoms with E-state index in [1.165, 1.54) is 15.9 Å². The summed E-state index contributed by atoms with van der Waals surface area (Å²) in [4.78, 5) is 12.9. The van der Waals surface area contributed by atoms with Gasteiger partial charge in [-0.15, -0.1) is 0 Å². The maximum absolute atomic E-state index is 12.9. The van der Waals surface area contributed by atoms with Crippen LogP contribution in [0.5, 0.6) is 0 Å². The van der Waals surface area contributed by atoms with Crippen molar-refractivity contribution in [1.29, 1.82) is 0 Å². The van der Waals surface area contributed by atoms with Crippen molar-refractivity contribution in [2.75, 3.05) is 31.6 Å². The quantitative estimate of drug-likeness (QED) is 0.604. The molecule has 1 aliphatic heterocycles. The second-order valence-electron chi connectivity index (χ2n) is 8.39. The molecule has 0 unspecified atom stereocenters. The number of aryl methyl sites for hydroxylation is 1. The van der Waals surface area contributed by atoms with E-state index in [1.807, 2.05) is 6.07 Å². The second-order valence-corrected chi connectivity index (χ2v) is 10.3. The number of rotatable bonds is 6. The van der Waals surface area contributed by atoms with E-state index in [2.05, 4.69) is 32.2 Å². The Balaban J connectivity index is 1.51. The van der Waals surface area contributed by atoms with Gasteiger partial charge >= 0.3 is 0 Å². The lowest BCUT2D eigenvalue weighted by atomic mass is 9.95. The number of fused-ring (bicyclic) bond motifs is 1. The fourth-order valence-corrected chi connectivity index (χ4v) is 5.51. The normalized spacial score (nSPS) is 15.4. The molecule has 0 aliphatic carbocycles. The van der Waals surface area contributed by atoms with Crippen molar-refractivity contribution in [2.24, 2.45) is 0 Å². The molecule has 32 heavy (non-hydrogen) atoms. The number of morpholine rings is 1. The molecule has 3 aromatic rings. The Morgan fingerprint density at radius 3 is 2.62 bits per heavy atom. The molecule has 1 aromatic heterocycles. The summed E-state index contributed by atoms with van der Waals surface area (Å²) in [6.45, 7) is 7.74. The van der Waals surface area contributed by atoms with Crippen molar-refractivity contribution in [1.82, 2.24) is 4.31 Å². The van der Waals surface area contributed by atoms with Crippen molar-refractivity contribution < 1.29 is 22.4 Å². The summed E-state index contributed by atoms with van der Waals surface area (Å²) in [5.74, 6) is 0.132. The van der Waals surface area contributed by atoms with E-state index < -0.39 is 10.0 Å². The van der Waals surface area contributed by atoms with Crippen molar-refractivity contribution in [3.05, 3.63) is 59.4 Å². The van der Waals surface area contributed by atoms with E-state index in [9.17, 15) is 13.2 Å². The van der Waals surface area contributed by atoms with E-state index in [4.69, 9.17) is 9.15 Å². The molecular formula is C24H28N2O5S. The molecule has 0 radical (unpaired) electrons. The standard InChI is InChI=1S/C24H28N2O5S/c1-16(2)21-14-22-18(15-31-23(22)11-17(21)3)12-24(27)25-19-5-4-6-20(13-19)32(28,29)26-7-9-30-10-8-26/h4-6,11,13-16H,7-10,12H2,1-3H3,(H,25,27). The highest BCUT2D eigenvalue weighted by atomic mass is 32.2. The van der Waals surface area contributed by atoms with Crippen LogP contribution in [0.3, 0.4) is 0 Å². The van der Waals surface area contributed by atoms with E-state index in [-0.39, 0.29) is 17.2 Å². The van der Waals surface area contributed by atoms with Gasteiger partial charge in [-0.25, -0.2) is 8.42 Å². The van der Waals surface area contributed by atoms with Crippen molar-refractivity contribution in [3.63, 3.8) is 0 Å². The van der Waals surface area contributed by atoms with Crippen LogP contribution in [-0.2, 0) is 26.0 Å². The first-order chi connectivity index (χ1) is 15.3. The number of furan rings is 1. The number of sulfonamides is 1. The summed E-state index contributed by atoms with van der Waals surface area (Å²) in [5.41, 5.74) is 4.39. The van der Waals surface area contributed by atoms with Gasteiger partial charge in [0, 0.05) is 29.7 Å². The first-order valence-corrected chi connectivity index (χ1v) is 12.2. The van der Waals surface area contributed by atoms with Gasteiger partial charge in [-0.3, -0.25) is 4.79 Å². The molecule has 7 nitrogen and oxygen atoms in total. The van der Waals surface area contributed by atoms with Gasteiger partial charge in [0.1, 0.15) is 5.58 Å². The third kappa shape index (κ3) is 4.57. The second kappa shape index (κ2) is 9.05. The number of amides is 1. The number of carbonyl (C=O) groups excluding carboxylic acids is 1. The van der Waals surface area contributed by atoms with Crippen LogP contribution >= 0.6 is 0 Å². The number of benzene rings is 2. The first-order valence-electron chi connectivity index (χ1n) is 10.7. The van der Waals surface area contributed by atoms with Gasteiger partial charge in [0.25, 0.3) is 0 Å². The molecule has 2 aromatic carbocycles. The SMILES string of the molecule is Cc1cc2occ(CC(=O)Nc3cccc(S(=O)(=O)N4CCOCC4)c3)c2cc1C(C)C. The molecule has 0 bridgehead atoms. The van der Waals surface area contributed by atoms with Gasteiger partial charge in [0.2, 0.25) is 15.9 Å². The lowest BCUT2D eigenvalue weighted by molar-refractivity contribution is -0.115. The monoisotopic (exact) mass is 456 g/mol. The Bertz CT molecular complexity index is 1240. The van der Waals surface area contributed by atoms with Gasteiger partial charge in [-0.2, -0.15) is 4.31 Å². The van der Waals surface area contributed by atoms with E-state index >= 15 is 0 Å². The van der Waals surface area contributed by atoms with Crippen LogP contribution < -0.4 is 5.32 Å². The van der Waals surface area contributed by atoms with Gasteiger partial charge in [0.05, 0.1) is 30.8 Å². The van der Waals surface area contributed by atoms with Crippen LogP contribution in [0.15, 0.2) is 52.0 Å². The van der Waals surface area contributed by atoms with Gasteiger partial charge in [0.15, 0.2) is 0 Å². The predicted molar refractivity (Wildman–Crippen MR) is 123 cm³/mol. The average molecular weight is 457 g/mol. The minimum atomic E-state index is -3.63. The van der Waals surface area contributed by atoms with E-state index in [1.54, 1.807) is 24.5 Å². The molecule has 4 rings (SSSR count). The number of carbonyl (C=O) groups is 1. The molecule has 8 heteroatoms. The highest BCUT2D eigenvalue weighted by Gasteiger charge is 2.26. The molecule has 170 valence electrons. The molecular weight excluding hydrogens is 428 g/mol.